The van der Waals surface area contributed by atoms with E-state index in [0.717, 1.165) is 19.1 Å². The SMILES string of the molecule is O=CCCCN(C(=O)[C@H](CS(=O)(=O)CC1CC1)NC(=O)N1CCOCC1)c1nc2ccccc2o1. The van der Waals surface area contributed by atoms with Crippen molar-refractivity contribution >= 4 is 45.2 Å². The third-order valence-electron chi connectivity index (χ3n) is 5.98. The number of carbonyl (C=O) groups excluding carboxylic acids is 3. The molecule has 3 amide bonds. The van der Waals surface area contributed by atoms with Gasteiger partial charge in [0.05, 0.1) is 24.7 Å². The molecule has 12 heteroatoms. The van der Waals surface area contributed by atoms with Crippen molar-refractivity contribution in [2.24, 2.45) is 5.92 Å². The van der Waals surface area contributed by atoms with Crippen LogP contribution >= 0.6 is 0 Å². The van der Waals surface area contributed by atoms with Crippen LogP contribution in [0.2, 0.25) is 0 Å². The second kappa shape index (κ2) is 11.2. The zero-order chi connectivity index (χ0) is 24.8. The molecule has 2 heterocycles. The first-order valence-electron chi connectivity index (χ1n) is 11.8. The van der Waals surface area contributed by atoms with Crippen molar-refractivity contribution in [1.29, 1.82) is 0 Å². The summed E-state index contributed by atoms with van der Waals surface area (Å²) in [6.07, 6.45) is 2.96. The van der Waals surface area contributed by atoms with E-state index in [-0.39, 0.29) is 30.7 Å². The van der Waals surface area contributed by atoms with E-state index in [0.29, 0.717) is 43.8 Å². The Morgan fingerprint density at radius 1 is 1.23 bits per heavy atom. The summed E-state index contributed by atoms with van der Waals surface area (Å²) in [5.74, 6) is -1.09. The largest absolute Gasteiger partial charge is 0.423 e. The smallest absolute Gasteiger partial charge is 0.318 e. The number of morpholine rings is 1. The van der Waals surface area contributed by atoms with Gasteiger partial charge in [-0.3, -0.25) is 9.69 Å². The molecule has 0 bridgehead atoms. The number of sulfone groups is 1. The number of nitrogens with one attached hydrogen (secondary N) is 1. The molecule has 1 aliphatic heterocycles. The Bertz CT molecular complexity index is 1120. The number of oxazole rings is 1. The minimum Gasteiger partial charge on any atom is -0.423 e. The molecule has 1 aromatic heterocycles. The van der Waals surface area contributed by atoms with Crippen molar-refractivity contribution in [3.05, 3.63) is 24.3 Å². The van der Waals surface area contributed by atoms with Crippen LogP contribution < -0.4 is 10.2 Å². The normalized spacial score (nSPS) is 17.2. The summed E-state index contributed by atoms with van der Waals surface area (Å²) in [4.78, 5) is 44.6. The van der Waals surface area contributed by atoms with Crippen LogP contribution in [-0.4, -0.2) is 86.9 Å². The molecule has 1 N–H and O–H groups in total. The fourth-order valence-electron chi connectivity index (χ4n) is 3.94. The van der Waals surface area contributed by atoms with E-state index in [1.807, 2.05) is 0 Å². The maximum Gasteiger partial charge on any atom is 0.318 e. The molecule has 1 saturated heterocycles. The number of amides is 3. The van der Waals surface area contributed by atoms with E-state index in [4.69, 9.17) is 9.15 Å². The quantitative estimate of drug-likeness (QED) is 0.356. The van der Waals surface area contributed by atoms with Crippen molar-refractivity contribution < 1.29 is 32.0 Å². The predicted octanol–water partition coefficient (Wildman–Crippen LogP) is 1.38. The van der Waals surface area contributed by atoms with Gasteiger partial charge < -0.3 is 24.2 Å². The average Bonchev–Trinajstić information content (AvgIpc) is 3.54. The topological polar surface area (TPSA) is 139 Å². The number of urea groups is 1. The Labute approximate surface area is 203 Å². The maximum atomic E-state index is 13.7. The van der Waals surface area contributed by atoms with Gasteiger partial charge in [0.1, 0.15) is 17.8 Å². The third-order valence-corrected chi connectivity index (χ3v) is 7.80. The molecule has 1 aliphatic carbocycles. The molecule has 0 spiro atoms. The second-order valence-corrected chi connectivity index (χ2v) is 11.0. The number of hydrogen-bond donors (Lipinski definition) is 1. The fraction of sp³-hybridized carbons (Fsp3) is 0.565. The van der Waals surface area contributed by atoms with Gasteiger partial charge in [-0.25, -0.2) is 13.2 Å². The van der Waals surface area contributed by atoms with Gasteiger partial charge in [-0.1, -0.05) is 12.1 Å². The molecule has 0 radical (unpaired) electrons. The number of para-hydroxylation sites is 2. The molecular weight excluding hydrogens is 476 g/mol. The number of ether oxygens (including phenoxy) is 1. The molecule has 2 fully saturated rings. The highest BCUT2D eigenvalue weighted by atomic mass is 32.2. The Balaban J connectivity index is 1.60. The van der Waals surface area contributed by atoms with Crippen molar-refractivity contribution in [1.82, 2.24) is 15.2 Å². The number of hydrogen-bond acceptors (Lipinski definition) is 8. The summed E-state index contributed by atoms with van der Waals surface area (Å²) < 4.78 is 36.8. The molecule has 4 rings (SSSR count). The van der Waals surface area contributed by atoms with Crippen LogP contribution in [0.15, 0.2) is 28.7 Å². The van der Waals surface area contributed by atoms with Gasteiger partial charge in [-0.05, 0) is 37.3 Å². The minimum atomic E-state index is -3.62. The molecule has 11 nitrogen and oxygen atoms in total. The molecular formula is C23H30N4O7S. The lowest BCUT2D eigenvalue weighted by Crippen LogP contribution is -2.56. The lowest BCUT2D eigenvalue weighted by molar-refractivity contribution is -0.120. The van der Waals surface area contributed by atoms with E-state index in [1.165, 1.54) is 9.80 Å². The van der Waals surface area contributed by atoms with Gasteiger partial charge in [0, 0.05) is 26.1 Å². The summed E-state index contributed by atoms with van der Waals surface area (Å²) >= 11 is 0. The molecule has 0 unspecified atom stereocenters. The molecule has 190 valence electrons. The number of fused-ring (bicyclic) bond motifs is 1. The fourth-order valence-corrected chi connectivity index (χ4v) is 5.86. The maximum absolute atomic E-state index is 13.7. The van der Waals surface area contributed by atoms with Gasteiger partial charge in [0.2, 0.25) is 0 Å². The highest BCUT2D eigenvalue weighted by molar-refractivity contribution is 7.91. The molecule has 35 heavy (non-hydrogen) atoms. The number of aromatic nitrogens is 1. The van der Waals surface area contributed by atoms with Gasteiger partial charge >= 0.3 is 12.0 Å². The van der Waals surface area contributed by atoms with E-state index < -0.39 is 33.6 Å². The Morgan fingerprint density at radius 3 is 2.66 bits per heavy atom. The van der Waals surface area contributed by atoms with Crippen LogP contribution in [0.3, 0.4) is 0 Å². The third kappa shape index (κ3) is 6.79. The van der Waals surface area contributed by atoms with Crippen LogP contribution in [0.4, 0.5) is 10.8 Å². The van der Waals surface area contributed by atoms with Gasteiger partial charge in [0.15, 0.2) is 15.4 Å². The van der Waals surface area contributed by atoms with Crippen molar-refractivity contribution in [2.75, 3.05) is 49.3 Å². The predicted molar refractivity (Wildman–Crippen MR) is 128 cm³/mol. The van der Waals surface area contributed by atoms with Crippen LogP contribution in [0, 0.1) is 5.92 Å². The van der Waals surface area contributed by atoms with Crippen LogP contribution in [-0.2, 0) is 24.2 Å². The highest BCUT2D eigenvalue weighted by Crippen LogP contribution is 2.31. The summed E-state index contributed by atoms with van der Waals surface area (Å²) in [7, 11) is -3.62. The number of benzene rings is 1. The lowest BCUT2D eigenvalue weighted by Gasteiger charge is -2.30. The first-order valence-corrected chi connectivity index (χ1v) is 13.6. The number of rotatable bonds is 11. The standard InChI is InChI=1S/C23H30N4O7S/c28-12-4-3-9-27(23-25-18-5-1-2-6-20(18)34-23)21(29)19(16-35(31,32)15-17-7-8-17)24-22(30)26-10-13-33-14-11-26/h1-2,5-6,12,17,19H,3-4,7-11,13-16H2,(H,24,30)/t19-/m0/s1. The highest BCUT2D eigenvalue weighted by Gasteiger charge is 2.36. The number of nitrogens with zero attached hydrogens (tertiary/aromatic N) is 3. The Morgan fingerprint density at radius 2 is 1.97 bits per heavy atom. The van der Waals surface area contributed by atoms with Gasteiger partial charge in [-0.2, -0.15) is 4.98 Å². The number of anilines is 1. The van der Waals surface area contributed by atoms with Gasteiger partial charge in [0.25, 0.3) is 5.91 Å². The summed E-state index contributed by atoms with van der Waals surface area (Å²) in [5, 5.41) is 2.63. The molecule has 2 aromatic rings. The number of carbonyl (C=O) groups is 3. The Hall–Kier alpha value is -2.99. The van der Waals surface area contributed by atoms with E-state index in [2.05, 4.69) is 10.3 Å². The van der Waals surface area contributed by atoms with E-state index in [1.54, 1.807) is 24.3 Å². The van der Waals surface area contributed by atoms with E-state index in [9.17, 15) is 22.8 Å². The molecule has 2 aliphatic rings. The van der Waals surface area contributed by atoms with Crippen LogP contribution in [0.1, 0.15) is 25.7 Å². The average molecular weight is 507 g/mol. The minimum absolute atomic E-state index is 0.00712. The lowest BCUT2D eigenvalue weighted by atomic mass is 10.2. The first-order chi connectivity index (χ1) is 16.9. The molecule has 1 atom stereocenters. The zero-order valence-electron chi connectivity index (χ0n) is 19.4. The summed E-state index contributed by atoms with van der Waals surface area (Å²) in [6.45, 7) is 1.50. The second-order valence-electron chi connectivity index (χ2n) is 8.88. The zero-order valence-corrected chi connectivity index (χ0v) is 20.2. The molecule has 1 saturated carbocycles. The van der Waals surface area contributed by atoms with E-state index >= 15 is 0 Å². The first kappa shape index (κ1) is 25.1. The molecule has 1 aromatic carbocycles. The van der Waals surface area contributed by atoms with Crippen LogP contribution in [0.5, 0.6) is 0 Å². The Kier molecular flexibility index (Phi) is 8.01. The number of aldehydes is 1. The van der Waals surface area contributed by atoms with Crippen LogP contribution in [0.25, 0.3) is 11.1 Å². The monoisotopic (exact) mass is 506 g/mol. The van der Waals surface area contributed by atoms with Crippen molar-refractivity contribution in [3.63, 3.8) is 0 Å². The number of unbranched alkanes of at least 4 members (excludes halogenated alkanes) is 1. The summed E-state index contributed by atoms with van der Waals surface area (Å²) in [6, 6.07) is 5.12. The van der Waals surface area contributed by atoms with Crippen molar-refractivity contribution in [3.8, 4) is 0 Å². The van der Waals surface area contributed by atoms with Gasteiger partial charge in [-0.15, -0.1) is 0 Å². The summed E-state index contributed by atoms with van der Waals surface area (Å²) in [5.41, 5.74) is 0.997. The van der Waals surface area contributed by atoms with Crippen molar-refractivity contribution in [2.45, 2.75) is 31.7 Å².